The Morgan fingerprint density at radius 2 is 1.96 bits per heavy atom. The molecule has 0 aliphatic carbocycles. The van der Waals surface area contributed by atoms with E-state index in [0.29, 0.717) is 12.1 Å². The molecule has 1 aromatic carbocycles. The summed E-state index contributed by atoms with van der Waals surface area (Å²) in [7, 11) is 1.38. The Bertz CT molecular complexity index is 859. The van der Waals surface area contributed by atoms with Crippen LogP contribution in [0.4, 0.5) is 8.78 Å². The van der Waals surface area contributed by atoms with Crippen molar-refractivity contribution in [3.8, 4) is 5.69 Å². The van der Waals surface area contributed by atoms with E-state index in [4.69, 9.17) is 0 Å². The van der Waals surface area contributed by atoms with Gasteiger partial charge in [0.05, 0.1) is 29.3 Å². The third-order valence-electron chi connectivity index (χ3n) is 3.63. The fraction of sp³-hybridized carbons (Fsp3) is 0.250. The van der Waals surface area contributed by atoms with Gasteiger partial charge in [0.2, 0.25) is 0 Å². The molecule has 0 aliphatic heterocycles. The van der Waals surface area contributed by atoms with Crippen molar-refractivity contribution in [3.63, 3.8) is 0 Å². The van der Waals surface area contributed by atoms with Gasteiger partial charge >= 0.3 is 0 Å². The SMILES string of the molecule is Cn1ncc(C(=O)NCCc2cnn(-c3ccccc3)n2)c1C(F)F. The number of benzene rings is 1. The maximum Gasteiger partial charge on any atom is 0.280 e. The molecule has 2 heterocycles. The molecular weight excluding hydrogens is 330 g/mol. The van der Waals surface area contributed by atoms with Crippen LogP contribution in [0, 0.1) is 0 Å². The molecule has 3 rings (SSSR count). The van der Waals surface area contributed by atoms with Gasteiger partial charge in [-0.25, -0.2) is 8.78 Å². The Labute approximate surface area is 142 Å². The molecule has 25 heavy (non-hydrogen) atoms. The lowest BCUT2D eigenvalue weighted by Crippen LogP contribution is -2.26. The highest BCUT2D eigenvalue weighted by Crippen LogP contribution is 2.21. The van der Waals surface area contributed by atoms with E-state index in [1.807, 2.05) is 30.3 Å². The van der Waals surface area contributed by atoms with Gasteiger partial charge in [0.25, 0.3) is 12.3 Å². The van der Waals surface area contributed by atoms with E-state index in [-0.39, 0.29) is 12.1 Å². The van der Waals surface area contributed by atoms with Crippen LogP contribution in [0.25, 0.3) is 5.69 Å². The highest BCUT2D eigenvalue weighted by atomic mass is 19.3. The predicted octanol–water partition coefficient (Wildman–Crippen LogP) is 1.91. The number of nitrogens with zero attached hydrogens (tertiary/aromatic N) is 5. The van der Waals surface area contributed by atoms with Crippen LogP contribution in [-0.4, -0.2) is 37.2 Å². The van der Waals surface area contributed by atoms with Crippen molar-refractivity contribution < 1.29 is 13.6 Å². The average Bonchev–Trinajstić information content (AvgIpc) is 3.22. The quantitative estimate of drug-likeness (QED) is 0.740. The molecule has 3 aromatic rings. The Kier molecular flexibility index (Phi) is 4.82. The van der Waals surface area contributed by atoms with Gasteiger partial charge in [0, 0.05) is 20.0 Å². The van der Waals surface area contributed by atoms with E-state index in [1.165, 1.54) is 11.8 Å². The van der Waals surface area contributed by atoms with Gasteiger partial charge in [-0.1, -0.05) is 18.2 Å². The molecule has 0 spiro atoms. The van der Waals surface area contributed by atoms with Crippen LogP contribution in [0.5, 0.6) is 0 Å². The lowest BCUT2D eigenvalue weighted by molar-refractivity contribution is 0.0937. The number of rotatable bonds is 6. The van der Waals surface area contributed by atoms with Crippen molar-refractivity contribution in [2.45, 2.75) is 12.8 Å². The first-order chi connectivity index (χ1) is 12.1. The minimum absolute atomic E-state index is 0.120. The summed E-state index contributed by atoms with van der Waals surface area (Å²) in [6.07, 6.45) is 0.415. The first-order valence-electron chi connectivity index (χ1n) is 7.61. The zero-order valence-electron chi connectivity index (χ0n) is 13.4. The third kappa shape index (κ3) is 3.70. The van der Waals surface area contributed by atoms with E-state index in [2.05, 4.69) is 20.6 Å². The average molecular weight is 346 g/mol. The van der Waals surface area contributed by atoms with Crippen molar-refractivity contribution >= 4 is 5.91 Å². The molecule has 130 valence electrons. The van der Waals surface area contributed by atoms with Gasteiger partial charge in [0.15, 0.2) is 0 Å². The van der Waals surface area contributed by atoms with Crippen molar-refractivity contribution in [1.82, 2.24) is 30.1 Å². The van der Waals surface area contributed by atoms with Gasteiger partial charge in [-0.2, -0.15) is 20.1 Å². The number of aryl methyl sites for hydroxylation is 1. The predicted molar refractivity (Wildman–Crippen MR) is 85.6 cm³/mol. The van der Waals surface area contributed by atoms with Gasteiger partial charge in [-0.05, 0) is 12.1 Å². The Morgan fingerprint density at radius 3 is 2.68 bits per heavy atom. The molecule has 0 fully saturated rings. The summed E-state index contributed by atoms with van der Waals surface area (Å²) in [5.41, 5.74) is 0.997. The molecule has 0 saturated carbocycles. The number of halogens is 2. The summed E-state index contributed by atoms with van der Waals surface area (Å²) in [5, 5.41) is 14.8. The zero-order chi connectivity index (χ0) is 17.8. The second-order valence-electron chi connectivity index (χ2n) is 5.33. The number of hydrogen-bond acceptors (Lipinski definition) is 4. The number of amides is 1. The first kappa shape index (κ1) is 16.7. The number of hydrogen-bond donors (Lipinski definition) is 1. The normalized spacial score (nSPS) is 11.0. The standard InChI is InChI=1S/C16H16F2N6O/c1-23-14(15(17)18)13(10-20-23)16(25)19-8-7-11-9-21-24(22-11)12-5-3-2-4-6-12/h2-6,9-10,15H,7-8H2,1H3,(H,19,25). The minimum atomic E-state index is -2.76. The summed E-state index contributed by atoms with van der Waals surface area (Å²) in [4.78, 5) is 13.6. The fourth-order valence-electron chi connectivity index (χ4n) is 2.37. The number of alkyl halides is 2. The molecule has 9 heteroatoms. The number of aromatic nitrogens is 5. The summed E-state index contributed by atoms with van der Waals surface area (Å²) in [5.74, 6) is -0.584. The number of para-hydroxylation sites is 1. The monoisotopic (exact) mass is 346 g/mol. The third-order valence-corrected chi connectivity index (χ3v) is 3.63. The molecule has 1 amide bonds. The lowest BCUT2D eigenvalue weighted by atomic mass is 10.2. The molecular formula is C16H16F2N6O. The molecule has 0 unspecified atom stereocenters. The maximum atomic E-state index is 13.0. The van der Waals surface area contributed by atoms with E-state index in [1.54, 1.807) is 6.20 Å². The summed E-state index contributed by atoms with van der Waals surface area (Å²) < 4.78 is 26.9. The van der Waals surface area contributed by atoms with Gasteiger partial charge in [0.1, 0.15) is 5.69 Å². The van der Waals surface area contributed by atoms with Gasteiger partial charge in [-0.15, -0.1) is 0 Å². The van der Waals surface area contributed by atoms with E-state index < -0.39 is 18.0 Å². The number of carbonyl (C=O) groups is 1. The van der Waals surface area contributed by atoms with Gasteiger partial charge in [-0.3, -0.25) is 9.48 Å². The van der Waals surface area contributed by atoms with Gasteiger partial charge < -0.3 is 5.32 Å². The van der Waals surface area contributed by atoms with Crippen LogP contribution < -0.4 is 5.32 Å². The fourth-order valence-corrected chi connectivity index (χ4v) is 2.37. The van der Waals surface area contributed by atoms with Crippen molar-refractivity contribution in [2.75, 3.05) is 6.54 Å². The van der Waals surface area contributed by atoms with E-state index in [9.17, 15) is 13.6 Å². The topological polar surface area (TPSA) is 77.6 Å². The van der Waals surface area contributed by atoms with Crippen molar-refractivity contribution in [1.29, 1.82) is 0 Å². The Hall–Kier alpha value is -3.10. The highest BCUT2D eigenvalue weighted by molar-refractivity contribution is 5.95. The van der Waals surface area contributed by atoms with Crippen LogP contribution in [0.1, 0.15) is 28.2 Å². The van der Waals surface area contributed by atoms with Crippen LogP contribution in [0.15, 0.2) is 42.7 Å². The van der Waals surface area contributed by atoms with Crippen molar-refractivity contribution in [3.05, 3.63) is 59.7 Å². The molecule has 0 radical (unpaired) electrons. The molecule has 0 bridgehead atoms. The molecule has 7 nitrogen and oxygen atoms in total. The van der Waals surface area contributed by atoms with Crippen LogP contribution in [0.3, 0.4) is 0 Å². The Balaban J connectivity index is 1.59. The molecule has 0 atom stereocenters. The van der Waals surface area contributed by atoms with Crippen molar-refractivity contribution in [2.24, 2.45) is 7.05 Å². The largest absolute Gasteiger partial charge is 0.352 e. The maximum absolute atomic E-state index is 13.0. The van der Waals surface area contributed by atoms with E-state index >= 15 is 0 Å². The molecule has 2 aromatic heterocycles. The smallest absolute Gasteiger partial charge is 0.280 e. The molecule has 0 aliphatic rings. The first-order valence-corrected chi connectivity index (χ1v) is 7.61. The van der Waals surface area contributed by atoms with Crippen LogP contribution in [-0.2, 0) is 13.5 Å². The summed E-state index contributed by atoms with van der Waals surface area (Å²) in [6.45, 7) is 0.254. The highest BCUT2D eigenvalue weighted by Gasteiger charge is 2.22. The lowest BCUT2D eigenvalue weighted by Gasteiger charge is -2.06. The summed E-state index contributed by atoms with van der Waals surface area (Å²) >= 11 is 0. The molecule has 0 saturated heterocycles. The number of nitrogens with one attached hydrogen (secondary N) is 1. The summed E-state index contributed by atoms with van der Waals surface area (Å²) in [6, 6.07) is 9.41. The number of carbonyl (C=O) groups excluding carboxylic acids is 1. The zero-order valence-corrected chi connectivity index (χ0v) is 13.4. The second kappa shape index (κ2) is 7.20. The van der Waals surface area contributed by atoms with Crippen LogP contribution >= 0.6 is 0 Å². The minimum Gasteiger partial charge on any atom is -0.352 e. The Morgan fingerprint density at radius 1 is 1.20 bits per heavy atom. The second-order valence-corrected chi connectivity index (χ2v) is 5.33. The molecule has 1 N–H and O–H groups in total. The van der Waals surface area contributed by atoms with E-state index in [0.717, 1.165) is 16.6 Å². The van der Waals surface area contributed by atoms with Crippen LogP contribution in [0.2, 0.25) is 0 Å².